The standard InChI is InChI=1S/C14H24O3/c1-5-7-8-9-11-16-13(10-6-2)14(15)17-12(3)4/h8-10,12H,5-7,11H2,1-4H3/b9-8+,13-10-. The van der Waals surface area contributed by atoms with Crippen LogP contribution in [0.3, 0.4) is 0 Å². The summed E-state index contributed by atoms with van der Waals surface area (Å²) in [5.74, 6) is -0.0758. The van der Waals surface area contributed by atoms with E-state index < -0.39 is 0 Å². The molecule has 17 heavy (non-hydrogen) atoms. The monoisotopic (exact) mass is 240 g/mol. The number of esters is 1. The molecule has 3 heteroatoms. The van der Waals surface area contributed by atoms with Gasteiger partial charge in [-0.05, 0) is 32.8 Å². The molecule has 0 spiro atoms. The summed E-state index contributed by atoms with van der Waals surface area (Å²) in [5.41, 5.74) is 0. The van der Waals surface area contributed by atoms with Crippen LogP contribution >= 0.6 is 0 Å². The molecule has 0 fully saturated rings. The van der Waals surface area contributed by atoms with Crippen LogP contribution in [0.25, 0.3) is 0 Å². The summed E-state index contributed by atoms with van der Waals surface area (Å²) in [6, 6.07) is 0. The van der Waals surface area contributed by atoms with E-state index >= 15 is 0 Å². The Morgan fingerprint density at radius 2 is 1.94 bits per heavy atom. The number of carbonyl (C=O) groups is 1. The highest BCUT2D eigenvalue weighted by Gasteiger charge is 2.12. The van der Waals surface area contributed by atoms with Gasteiger partial charge in [-0.2, -0.15) is 0 Å². The smallest absolute Gasteiger partial charge is 0.373 e. The molecule has 0 aromatic carbocycles. The van der Waals surface area contributed by atoms with Crippen molar-refractivity contribution < 1.29 is 14.3 Å². The maximum absolute atomic E-state index is 11.6. The van der Waals surface area contributed by atoms with Crippen LogP contribution in [0.5, 0.6) is 0 Å². The van der Waals surface area contributed by atoms with Crippen molar-refractivity contribution in [2.75, 3.05) is 6.61 Å². The van der Waals surface area contributed by atoms with E-state index in [2.05, 4.69) is 13.0 Å². The van der Waals surface area contributed by atoms with E-state index in [4.69, 9.17) is 9.47 Å². The molecule has 0 amide bonds. The van der Waals surface area contributed by atoms with Gasteiger partial charge < -0.3 is 9.47 Å². The van der Waals surface area contributed by atoms with Gasteiger partial charge in [-0.15, -0.1) is 0 Å². The molecule has 0 atom stereocenters. The molecule has 98 valence electrons. The predicted octanol–water partition coefficient (Wildman–Crippen LogP) is 3.60. The van der Waals surface area contributed by atoms with E-state index in [1.807, 2.05) is 26.8 Å². The van der Waals surface area contributed by atoms with Crippen molar-refractivity contribution in [3.05, 3.63) is 24.0 Å². The van der Waals surface area contributed by atoms with Crippen LogP contribution in [-0.4, -0.2) is 18.7 Å². The normalized spacial score (nSPS) is 12.2. The minimum Gasteiger partial charge on any atom is -0.483 e. The fourth-order valence-electron chi connectivity index (χ4n) is 1.15. The molecular formula is C14H24O3. The number of allylic oxidation sites excluding steroid dienone is 2. The van der Waals surface area contributed by atoms with Gasteiger partial charge in [-0.3, -0.25) is 0 Å². The minimum atomic E-state index is -0.384. The van der Waals surface area contributed by atoms with Crippen LogP contribution in [0.15, 0.2) is 24.0 Å². The highest BCUT2D eigenvalue weighted by atomic mass is 16.6. The van der Waals surface area contributed by atoms with Crippen molar-refractivity contribution in [2.45, 2.75) is 53.1 Å². The number of ether oxygens (including phenoxy) is 2. The lowest BCUT2D eigenvalue weighted by atomic mass is 10.3. The SMILES string of the molecule is CC/C=C(\OC/C=C/CCC)C(=O)OC(C)C. The number of carbonyl (C=O) groups excluding carboxylic acids is 1. The fourth-order valence-corrected chi connectivity index (χ4v) is 1.15. The predicted molar refractivity (Wildman–Crippen MR) is 69.6 cm³/mol. The molecule has 0 N–H and O–H groups in total. The zero-order valence-electron chi connectivity index (χ0n) is 11.4. The van der Waals surface area contributed by atoms with Gasteiger partial charge in [0.25, 0.3) is 0 Å². The zero-order chi connectivity index (χ0) is 13.1. The number of unbranched alkanes of at least 4 members (excludes halogenated alkanes) is 1. The third-order valence-electron chi connectivity index (χ3n) is 1.89. The lowest BCUT2D eigenvalue weighted by Crippen LogP contribution is -2.15. The molecule has 0 rings (SSSR count). The highest BCUT2D eigenvalue weighted by molar-refractivity contribution is 5.86. The van der Waals surface area contributed by atoms with E-state index in [9.17, 15) is 4.79 Å². The Kier molecular flexibility index (Phi) is 9.21. The first-order valence-electron chi connectivity index (χ1n) is 6.30. The maximum Gasteiger partial charge on any atom is 0.373 e. The Morgan fingerprint density at radius 3 is 2.47 bits per heavy atom. The molecule has 0 radical (unpaired) electrons. The molecule has 3 nitrogen and oxygen atoms in total. The van der Waals surface area contributed by atoms with Crippen molar-refractivity contribution >= 4 is 5.97 Å². The first kappa shape index (κ1) is 15.8. The van der Waals surface area contributed by atoms with Gasteiger partial charge >= 0.3 is 5.97 Å². The Labute approximate surface area is 104 Å². The molecule has 0 aromatic rings. The van der Waals surface area contributed by atoms with Gasteiger partial charge in [0.1, 0.15) is 6.61 Å². The van der Waals surface area contributed by atoms with Crippen molar-refractivity contribution in [3.8, 4) is 0 Å². The van der Waals surface area contributed by atoms with Gasteiger partial charge in [0.15, 0.2) is 0 Å². The van der Waals surface area contributed by atoms with Gasteiger partial charge in [-0.25, -0.2) is 4.79 Å². The maximum atomic E-state index is 11.6. The molecule has 0 saturated carbocycles. The average molecular weight is 240 g/mol. The van der Waals surface area contributed by atoms with Crippen molar-refractivity contribution in [2.24, 2.45) is 0 Å². The number of hydrogen-bond donors (Lipinski definition) is 0. The first-order chi connectivity index (χ1) is 8.11. The Balaban J connectivity index is 4.16. The Hall–Kier alpha value is -1.25. The minimum absolute atomic E-state index is 0.123. The largest absolute Gasteiger partial charge is 0.483 e. The van der Waals surface area contributed by atoms with Crippen LogP contribution in [0.2, 0.25) is 0 Å². The third kappa shape index (κ3) is 8.55. The van der Waals surface area contributed by atoms with E-state index in [0.717, 1.165) is 19.3 Å². The molecule has 0 aliphatic rings. The quantitative estimate of drug-likeness (QED) is 0.281. The van der Waals surface area contributed by atoms with Crippen LogP contribution in [0.4, 0.5) is 0 Å². The fraction of sp³-hybridized carbons (Fsp3) is 0.643. The van der Waals surface area contributed by atoms with E-state index in [0.29, 0.717) is 12.4 Å². The second kappa shape index (κ2) is 9.94. The third-order valence-corrected chi connectivity index (χ3v) is 1.89. The molecule has 0 aromatic heterocycles. The van der Waals surface area contributed by atoms with Gasteiger partial charge in [0, 0.05) is 0 Å². The van der Waals surface area contributed by atoms with Gasteiger partial charge in [0.05, 0.1) is 6.10 Å². The summed E-state index contributed by atoms with van der Waals surface area (Å²) in [6.45, 7) is 8.14. The Bertz CT molecular complexity index is 265. The van der Waals surface area contributed by atoms with E-state index in [1.54, 1.807) is 6.08 Å². The summed E-state index contributed by atoms with van der Waals surface area (Å²) < 4.78 is 10.5. The lowest BCUT2D eigenvalue weighted by Gasteiger charge is -2.11. The van der Waals surface area contributed by atoms with Gasteiger partial charge in [-0.1, -0.05) is 32.4 Å². The van der Waals surface area contributed by atoms with E-state index in [1.165, 1.54) is 0 Å². The Morgan fingerprint density at radius 1 is 1.24 bits per heavy atom. The van der Waals surface area contributed by atoms with Crippen molar-refractivity contribution in [1.82, 2.24) is 0 Å². The summed E-state index contributed by atoms with van der Waals surface area (Å²) in [4.78, 5) is 11.6. The molecule has 0 aliphatic carbocycles. The zero-order valence-corrected chi connectivity index (χ0v) is 11.4. The molecular weight excluding hydrogens is 216 g/mol. The first-order valence-corrected chi connectivity index (χ1v) is 6.30. The van der Waals surface area contributed by atoms with Crippen LogP contribution in [-0.2, 0) is 14.3 Å². The van der Waals surface area contributed by atoms with Crippen LogP contribution in [0.1, 0.15) is 47.0 Å². The van der Waals surface area contributed by atoms with Crippen molar-refractivity contribution in [1.29, 1.82) is 0 Å². The molecule has 0 bridgehead atoms. The summed E-state index contributed by atoms with van der Waals surface area (Å²) in [5, 5.41) is 0. The molecule has 0 saturated heterocycles. The second-order valence-corrected chi connectivity index (χ2v) is 4.00. The summed E-state index contributed by atoms with van der Waals surface area (Å²) in [6.07, 6.45) is 8.50. The second-order valence-electron chi connectivity index (χ2n) is 4.00. The number of hydrogen-bond acceptors (Lipinski definition) is 3. The average Bonchev–Trinajstić information content (AvgIpc) is 2.26. The topological polar surface area (TPSA) is 35.5 Å². The molecule has 0 unspecified atom stereocenters. The lowest BCUT2D eigenvalue weighted by molar-refractivity contribution is -0.146. The summed E-state index contributed by atoms with van der Waals surface area (Å²) >= 11 is 0. The molecule has 0 heterocycles. The van der Waals surface area contributed by atoms with Crippen LogP contribution in [0, 0.1) is 0 Å². The highest BCUT2D eigenvalue weighted by Crippen LogP contribution is 2.05. The van der Waals surface area contributed by atoms with Gasteiger partial charge in [0.2, 0.25) is 5.76 Å². The summed E-state index contributed by atoms with van der Waals surface area (Å²) in [7, 11) is 0. The van der Waals surface area contributed by atoms with E-state index in [-0.39, 0.29) is 12.1 Å². The van der Waals surface area contributed by atoms with Crippen molar-refractivity contribution in [3.63, 3.8) is 0 Å². The molecule has 0 aliphatic heterocycles. The van der Waals surface area contributed by atoms with Crippen LogP contribution < -0.4 is 0 Å². The number of rotatable bonds is 8.